The van der Waals surface area contributed by atoms with Gasteiger partial charge < -0.3 is 4.90 Å². The van der Waals surface area contributed by atoms with Crippen molar-refractivity contribution in [2.75, 3.05) is 18.1 Å². The van der Waals surface area contributed by atoms with Crippen LogP contribution in [-0.4, -0.2) is 52.0 Å². The van der Waals surface area contributed by atoms with Gasteiger partial charge in [0.25, 0.3) is 5.91 Å². The van der Waals surface area contributed by atoms with Gasteiger partial charge in [-0.2, -0.15) is 5.10 Å². The molecule has 8 heteroatoms. The fourth-order valence-corrected chi connectivity index (χ4v) is 7.03. The van der Waals surface area contributed by atoms with Gasteiger partial charge in [0.05, 0.1) is 39.9 Å². The maximum atomic E-state index is 14.3. The molecule has 1 aliphatic heterocycles. The molecule has 2 aromatic heterocycles. The Morgan fingerprint density at radius 2 is 1.79 bits per heavy atom. The van der Waals surface area contributed by atoms with Crippen molar-refractivity contribution < 1.29 is 13.2 Å². The minimum absolute atomic E-state index is 0.0419. The first kappa shape index (κ1) is 27.1. The van der Waals surface area contributed by atoms with Crippen molar-refractivity contribution in [3.8, 4) is 11.3 Å². The lowest BCUT2D eigenvalue weighted by atomic mass is 10.0. The molecule has 7 nitrogen and oxygen atoms in total. The van der Waals surface area contributed by atoms with Crippen LogP contribution in [0.1, 0.15) is 66.3 Å². The van der Waals surface area contributed by atoms with E-state index < -0.39 is 9.84 Å². The summed E-state index contributed by atoms with van der Waals surface area (Å²) in [6.45, 7) is 7.27. The van der Waals surface area contributed by atoms with Crippen molar-refractivity contribution in [1.82, 2.24) is 19.7 Å². The first-order valence-corrected chi connectivity index (χ1v) is 15.6. The van der Waals surface area contributed by atoms with E-state index >= 15 is 0 Å². The molecule has 0 saturated carbocycles. The summed E-state index contributed by atoms with van der Waals surface area (Å²) >= 11 is 0. The minimum atomic E-state index is -3.12. The molecule has 39 heavy (non-hydrogen) atoms. The number of unbranched alkanes of at least 4 members (excludes halogenated alkanes) is 1. The number of fused-ring (bicyclic) bond motifs is 1. The van der Waals surface area contributed by atoms with Gasteiger partial charge in [-0.15, -0.1) is 0 Å². The largest absolute Gasteiger partial charge is 0.334 e. The van der Waals surface area contributed by atoms with Gasteiger partial charge >= 0.3 is 0 Å². The first-order chi connectivity index (χ1) is 18.8. The van der Waals surface area contributed by atoms with Crippen LogP contribution >= 0.6 is 0 Å². The molecule has 204 valence electrons. The first-order valence-electron chi connectivity index (χ1n) is 13.8. The topological polar surface area (TPSA) is 85.2 Å². The second-order valence-corrected chi connectivity index (χ2v) is 12.7. The molecule has 1 amide bonds. The number of benzene rings is 2. The third-order valence-corrected chi connectivity index (χ3v) is 9.31. The predicted molar refractivity (Wildman–Crippen MR) is 155 cm³/mol. The highest BCUT2D eigenvalue weighted by atomic mass is 32.2. The van der Waals surface area contributed by atoms with Crippen molar-refractivity contribution in [1.29, 1.82) is 0 Å². The van der Waals surface area contributed by atoms with Crippen LogP contribution in [0.15, 0.2) is 60.7 Å². The molecule has 0 N–H and O–H groups in total. The Morgan fingerprint density at radius 3 is 2.44 bits per heavy atom. The van der Waals surface area contributed by atoms with E-state index in [4.69, 9.17) is 10.1 Å². The Labute approximate surface area is 230 Å². The zero-order valence-electron chi connectivity index (χ0n) is 22.9. The minimum Gasteiger partial charge on any atom is -0.334 e. The van der Waals surface area contributed by atoms with Gasteiger partial charge in [-0.25, -0.2) is 18.1 Å². The lowest BCUT2D eigenvalue weighted by Gasteiger charge is -2.24. The Kier molecular flexibility index (Phi) is 7.84. The van der Waals surface area contributed by atoms with Gasteiger partial charge in [-0.05, 0) is 43.4 Å². The average Bonchev–Trinajstić information content (AvgIpc) is 3.49. The summed E-state index contributed by atoms with van der Waals surface area (Å²) < 4.78 is 26.4. The zero-order valence-corrected chi connectivity index (χ0v) is 23.7. The Bertz CT molecular complexity index is 1580. The second-order valence-electron chi connectivity index (χ2n) is 10.5. The maximum Gasteiger partial charge on any atom is 0.255 e. The van der Waals surface area contributed by atoms with Crippen molar-refractivity contribution in [2.45, 2.75) is 59.0 Å². The number of carbonyl (C=O) groups is 1. The summed E-state index contributed by atoms with van der Waals surface area (Å²) in [6, 6.07) is 19.9. The van der Waals surface area contributed by atoms with Gasteiger partial charge in [0.1, 0.15) is 0 Å². The van der Waals surface area contributed by atoms with Crippen LogP contribution in [0.5, 0.6) is 0 Å². The average molecular weight is 545 g/mol. The number of hydrogen-bond acceptors (Lipinski definition) is 5. The van der Waals surface area contributed by atoms with Crippen molar-refractivity contribution in [2.24, 2.45) is 0 Å². The summed E-state index contributed by atoms with van der Waals surface area (Å²) in [7, 11) is -3.12. The van der Waals surface area contributed by atoms with E-state index in [1.807, 2.05) is 60.4 Å². The molecule has 0 aliphatic carbocycles. The van der Waals surface area contributed by atoms with Crippen LogP contribution in [0.4, 0.5) is 0 Å². The molecule has 0 bridgehead atoms. The number of aromatic nitrogens is 3. The molecular weight excluding hydrogens is 508 g/mol. The van der Waals surface area contributed by atoms with Crippen LogP contribution in [0.2, 0.25) is 0 Å². The van der Waals surface area contributed by atoms with Crippen molar-refractivity contribution in [3.05, 3.63) is 83.0 Å². The fourth-order valence-electron chi connectivity index (χ4n) is 5.34. The van der Waals surface area contributed by atoms with E-state index in [0.29, 0.717) is 47.5 Å². The van der Waals surface area contributed by atoms with Crippen LogP contribution < -0.4 is 0 Å². The summed E-state index contributed by atoms with van der Waals surface area (Å²) in [5, 5.41) is 5.47. The van der Waals surface area contributed by atoms with Gasteiger partial charge in [0.15, 0.2) is 15.5 Å². The normalized spacial score (nSPS) is 16.5. The highest BCUT2D eigenvalue weighted by Crippen LogP contribution is 2.33. The Balaban J connectivity index is 1.66. The van der Waals surface area contributed by atoms with Crippen LogP contribution in [0, 0.1) is 6.92 Å². The van der Waals surface area contributed by atoms with Crippen molar-refractivity contribution >= 4 is 26.8 Å². The summed E-state index contributed by atoms with van der Waals surface area (Å²) in [6.07, 6.45) is 3.31. The van der Waals surface area contributed by atoms with Crippen molar-refractivity contribution in [3.63, 3.8) is 0 Å². The third kappa shape index (κ3) is 5.76. The summed E-state index contributed by atoms with van der Waals surface area (Å²) in [4.78, 5) is 21.2. The standard InChI is InChI=1S/C31H36N4O3S/c1-4-6-17-34(20-24-10-8-7-9-11-24)31(36)27-19-28(25-14-12-23(5-2)13-15-25)32-30-29(27)22(3)33-35(30)26-16-18-39(37,38)21-26/h7-15,19,26H,4-6,16-18,20-21H2,1-3H3. The summed E-state index contributed by atoms with van der Waals surface area (Å²) in [5.74, 6) is 0.122. The maximum absolute atomic E-state index is 14.3. The van der Waals surface area contributed by atoms with E-state index in [1.54, 1.807) is 4.68 Å². The molecule has 1 saturated heterocycles. The molecule has 0 spiro atoms. The SMILES string of the molecule is CCCCN(Cc1ccccc1)C(=O)c1cc(-c2ccc(CC)cc2)nc2c1c(C)nn2C1CCS(=O)(=O)C1. The molecule has 5 rings (SSSR count). The molecule has 1 unspecified atom stereocenters. The van der Waals surface area contributed by atoms with E-state index in [2.05, 4.69) is 26.0 Å². The third-order valence-electron chi connectivity index (χ3n) is 7.56. The zero-order chi connectivity index (χ0) is 27.6. The number of amides is 1. The lowest BCUT2D eigenvalue weighted by molar-refractivity contribution is 0.0742. The highest BCUT2D eigenvalue weighted by molar-refractivity contribution is 7.91. The molecule has 1 aliphatic rings. The van der Waals surface area contributed by atoms with Gasteiger partial charge in [-0.1, -0.05) is 74.9 Å². The fraction of sp³-hybridized carbons (Fsp3) is 0.387. The summed E-state index contributed by atoms with van der Waals surface area (Å²) in [5.41, 5.74) is 5.72. The second kappa shape index (κ2) is 11.3. The van der Waals surface area contributed by atoms with E-state index in [0.717, 1.165) is 30.4 Å². The molecule has 0 radical (unpaired) electrons. The smallest absolute Gasteiger partial charge is 0.255 e. The number of rotatable bonds is 9. The van der Waals surface area contributed by atoms with Gasteiger partial charge in [0.2, 0.25) is 0 Å². The number of sulfone groups is 1. The van der Waals surface area contributed by atoms with Crippen LogP contribution in [0.25, 0.3) is 22.3 Å². The number of nitrogens with zero attached hydrogens (tertiary/aromatic N) is 4. The number of aryl methyl sites for hydroxylation is 2. The molecule has 1 fully saturated rings. The van der Waals surface area contributed by atoms with E-state index in [1.165, 1.54) is 5.56 Å². The predicted octanol–water partition coefficient (Wildman–Crippen LogP) is 5.77. The number of hydrogen-bond donors (Lipinski definition) is 0. The number of carbonyl (C=O) groups excluding carboxylic acids is 1. The Hall–Kier alpha value is -3.52. The molecule has 2 aromatic carbocycles. The molecule has 4 aromatic rings. The van der Waals surface area contributed by atoms with Crippen LogP contribution in [0.3, 0.4) is 0 Å². The molecule has 1 atom stereocenters. The van der Waals surface area contributed by atoms with Gasteiger partial charge in [0, 0.05) is 18.7 Å². The van der Waals surface area contributed by atoms with E-state index in [-0.39, 0.29) is 23.5 Å². The monoisotopic (exact) mass is 544 g/mol. The molecule has 3 heterocycles. The Morgan fingerprint density at radius 1 is 1.05 bits per heavy atom. The quantitative estimate of drug-likeness (QED) is 0.267. The highest BCUT2D eigenvalue weighted by Gasteiger charge is 2.33. The van der Waals surface area contributed by atoms with Crippen LogP contribution in [-0.2, 0) is 22.8 Å². The van der Waals surface area contributed by atoms with Gasteiger partial charge in [-0.3, -0.25) is 4.79 Å². The lowest BCUT2D eigenvalue weighted by Crippen LogP contribution is -2.32. The molecular formula is C31H36N4O3S. The number of pyridine rings is 1. The van der Waals surface area contributed by atoms with E-state index in [9.17, 15) is 13.2 Å².